The first-order valence-corrected chi connectivity index (χ1v) is 11.2. The molecule has 2 heterocycles. The molecule has 6 heteroatoms. The zero-order valence-electron chi connectivity index (χ0n) is 17.2. The molecule has 0 fully saturated rings. The molecular formula is C25H22N4OS. The van der Waals surface area contributed by atoms with Gasteiger partial charge in [-0.25, -0.2) is 14.8 Å². The summed E-state index contributed by atoms with van der Waals surface area (Å²) in [6, 6.07) is 23.9. The predicted octanol–water partition coefficient (Wildman–Crippen LogP) is 6.44. The molecule has 0 aliphatic rings. The zero-order valence-corrected chi connectivity index (χ0v) is 18.0. The van der Waals surface area contributed by atoms with Gasteiger partial charge < -0.3 is 10.2 Å². The van der Waals surface area contributed by atoms with Gasteiger partial charge in [-0.05, 0) is 42.3 Å². The second-order valence-corrected chi connectivity index (χ2v) is 8.55. The third kappa shape index (κ3) is 3.94. The molecule has 0 aliphatic heterocycles. The fourth-order valence-corrected chi connectivity index (χ4v) is 4.75. The van der Waals surface area contributed by atoms with Crippen molar-refractivity contribution in [2.45, 2.75) is 19.9 Å². The van der Waals surface area contributed by atoms with Gasteiger partial charge in [-0.2, -0.15) is 0 Å². The van der Waals surface area contributed by atoms with E-state index < -0.39 is 0 Å². The van der Waals surface area contributed by atoms with E-state index in [0.717, 1.165) is 49.1 Å². The number of nitrogens with one attached hydrogen (secondary N) is 1. The Balaban J connectivity index is 1.45. The van der Waals surface area contributed by atoms with Crippen molar-refractivity contribution in [2.24, 2.45) is 0 Å². The van der Waals surface area contributed by atoms with Crippen molar-refractivity contribution in [2.75, 3.05) is 11.9 Å². The number of aromatic nitrogens is 2. The van der Waals surface area contributed by atoms with E-state index in [0.29, 0.717) is 13.1 Å². The summed E-state index contributed by atoms with van der Waals surface area (Å²) >= 11 is 1.62. The zero-order chi connectivity index (χ0) is 21.2. The molecule has 0 atom stereocenters. The molecule has 0 saturated carbocycles. The molecule has 31 heavy (non-hydrogen) atoms. The van der Waals surface area contributed by atoms with E-state index in [9.17, 15) is 4.79 Å². The van der Waals surface area contributed by atoms with Gasteiger partial charge in [0.25, 0.3) is 0 Å². The minimum absolute atomic E-state index is 0.0962. The molecule has 5 rings (SSSR count). The second kappa shape index (κ2) is 8.32. The molecule has 2 amide bonds. The fraction of sp³-hybridized carbons (Fsp3) is 0.160. The van der Waals surface area contributed by atoms with Crippen LogP contribution in [0.4, 0.5) is 10.5 Å². The molecule has 5 aromatic rings. The molecule has 2 aromatic heterocycles. The van der Waals surface area contributed by atoms with Gasteiger partial charge in [0, 0.05) is 28.9 Å². The molecule has 0 saturated heterocycles. The van der Waals surface area contributed by atoms with E-state index in [-0.39, 0.29) is 6.03 Å². The first-order chi connectivity index (χ1) is 15.2. The summed E-state index contributed by atoms with van der Waals surface area (Å²) in [6.07, 6.45) is 0.900. The quantitative estimate of drug-likeness (QED) is 0.352. The first-order valence-electron chi connectivity index (χ1n) is 10.4. The average molecular weight is 427 g/mol. The Bertz CT molecular complexity index is 1380. The lowest BCUT2D eigenvalue weighted by Crippen LogP contribution is -2.35. The Morgan fingerprint density at radius 2 is 1.71 bits per heavy atom. The van der Waals surface area contributed by atoms with Crippen LogP contribution in [0.2, 0.25) is 0 Å². The van der Waals surface area contributed by atoms with Gasteiger partial charge in [-0.1, -0.05) is 49.4 Å². The van der Waals surface area contributed by atoms with Crippen molar-refractivity contribution in [3.8, 4) is 0 Å². The fourth-order valence-electron chi connectivity index (χ4n) is 3.75. The number of hydrogen-bond acceptors (Lipinski definition) is 4. The van der Waals surface area contributed by atoms with Crippen LogP contribution in [0.5, 0.6) is 0 Å². The highest BCUT2D eigenvalue weighted by molar-refractivity contribution is 7.25. The summed E-state index contributed by atoms with van der Waals surface area (Å²) < 4.78 is 1.11. The molecule has 0 bridgehead atoms. The smallest absolute Gasteiger partial charge is 0.320 e. The van der Waals surface area contributed by atoms with Gasteiger partial charge in [0.1, 0.15) is 10.3 Å². The van der Waals surface area contributed by atoms with E-state index in [1.165, 1.54) is 0 Å². The summed E-state index contributed by atoms with van der Waals surface area (Å²) in [5.74, 6) is 0. The van der Waals surface area contributed by atoms with Crippen molar-refractivity contribution in [3.05, 3.63) is 78.4 Å². The van der Waals surface area contributed by atoms with Crippen molar-refractivity contribution in [1.82, 2.24) is 14.9 Å². The number of carbonyl (C=O) groups excluding carboxylic acids is 1. The minimum Gasteiger partial charge on any atom is -0.320 e. The van der Waals surface area contributed by atoms with E-state index in [1.807, 2.05) is 77.7 Å². The Labute approximate surface area is 184 Å². The molecular weight excluding hydrogens is 404 g/mol. The number of rotatable bonds is 5. The third-order valence-corrected chi connectivity index (χ3v) is 6.28. The van der Waals surface area contributed by atoms with E-state index >= 15 is 0 Å². The summed E-state index contributed by atoms with van der Waals surface area (Å²) in [7, 11) is 0. The highest BCUT2D eigenvalue weighted by atomic mass is 32.1. The molecule has 5 nitrogen and oxygen atoms in total. The van der Waals surface area contributed by atoms with Crippen LogP contribution < -0.4 is 5.32 Å². The van der Waals surface area contributed by atoms with Gasteiger partial charge in [0.2, 0.25) is 0 Å². The molecule has 3 aromatic carbocycles. The van der Waals surface area contributed by atoms with Crippen molar-refractivity contribution in [1.29, 1.82) is 0 Å². The Kier molecular flexibility index (Phi) is 5.22. The van der Waals surface area contributed by atoms with E-state index in [2.05, 4.69) is 12.2 Å². The molecule has 0 aliphatic carbocycles. The molecule has 1 N–H and O–H groups in total. The number of carbonyl (C=O) groups is 1. The van der Waals surface area contributed by atoms with Crippen LogP contribution in [0.1, 0.15) is 18.9 Å². The summed E-state index contributed by atoms with van der Waals surface area (Å²) in [5, 5.41) is 4.09. The maximum Gasteiger partial charge on any atom is 0.322 e. The topological polar surface area (TPSA) is 58.1 Å². The van der Waals surface area contributed by atoms with E-state index in [1.54, 1.807) is 11.3 Å². The first kappa shape index (κ1) is 19.5. The van der Waals surface area contributed by atoms with Crippen LogP contribution in [0.25, 0.3) is 31.5 Å². The maximum absolute atomic E-state index is 13.0. The number of anilines is 1. The summed E-state index contributed by atoms with van der Waals surface area (Å²) in [4.78, 5) is 25.4. The number of benzene rings is 3. The lowest BCUT2D eigenvalue weighted by molar-refractivity contribution is 0.209. The molecule has 0 spiro atoms. The standard InChI is InChI=1S/C25H22N4OS/c1-2-14-29(16-17-8-4-3-5-9-17)25(30)26-18-12-13-22-19(15-18)23-24(31-22)28-21-11-7-6-10-20(21)27-23/h3-13,15H,2,14,16H2,1H3,(H,26,30). The van der Waals surface area contributed by atoms with Gasteiger partial charge in [-0.3, -0.25) is 0 Å². The Hall–Kier alpha value is -3.51. The summed E-state index contributed by atoms with van der Waals surface area (Å²) in [6.45, 7) is 3.36. The molecule has 154 valence electrons. The second-order valence-electron chi connectivity index (χ2n) is 7.52. The highest BCUT2D eigenvalue weighted by Gasteiger charge is 2.15. The summed E-state index contributed by atoms with van der Waals surface area (Å²) in [5.41, 5.74) is 4.53. The van der Waals surface area contributed by atoms with Crippen molar-refractivity contribution in [3.63, 3.8) is 0 Å². The Morgan fingerprint density at radius 1 is 0.968 bits per heavy atom. The molecule has 0 unspecified atom stereocenters. The van der Waals surface area contributed by atoms with Gasteiger partial charge in [0.15, 0.2) is 0 Å². The maximum atomic E-state index is 13.0. The van der Waals surface area contributed by atoms with Crippen molar-refractivity contribution >= 4 is 54.5 Å². The number of thiophene rings is 1. The average Bonchev–Trinajstić information content (AvgIpc) is 3.14. The monoisotopic (exact) mass is 426 g/mol. The SMILES string of the molecule is CCCN(Cc1ccccc1)C(=O)Nc1ccc2sc3nc4ccccc4nc3c2c1. The number of fused-ring (bicyclic) bond motifs is 4. The van der Waals surface area contributed by atoms with Crippen LogP contribution in [0.15, 0.2) is 72.8 Å². The largest absolute Gasteiger partial charge is 0.322 e. The number of para-hydroxylation sites is 2. The van der Waals surface area contributed by atoms with Crippen LogP contribution in [0.3, 0.4) is 0 Å². The number of nitrogens with zero attached hydrogens (tertiary/aromatic N) is 3. The van der Waals surface area contributed by atoms with E-state index in [4.69, 9.17) is 9.97 Å². The normalized spacial score (nSPS) is 11.3. The minimum atomic E-state index is -0.0962. The predicted molar refractivity (Wildman–Crippen MR) is 129 cm³/mol. The van der Waals surface area contributed by atoms with Gasteiger partial charge >= 0.3 is 6.03 Å². The van der Waals surface area contributed by atoms with Crippen LogP contribution >= 0.6 is 11.3 Å². The number of urea groups is 1. The Morgan fingerprint density at radius 3 is 2.48 bits per heavy atom. The number of amides is 2. The van der Waals surface area contributed by atoms with Crippen molar-refractivity contribution < 1.29 is 4.79 Å². The lowest BCUT2D eigenvalue weighted by atomic mass is 10.2. The highest BCUT2D eigenvalue weighted by Crippen LogP contribution is 2.34. The van der Waals surface area contributed by atoms with Gasteiger partial charge in [0.05, 0.1) is 11.0 Å². The van der Waals surface area contributed by atoms with Gasteiger partial charge in [-0.15, -0.1) is 11.3 Å². The van der Waals surface area contributed by atoms with Crippen LogP contribution in [-0.2, 0) is 6.54 Å². The van der Waals surface area contributed by atoms with Crippen LogP contribution in [-0.4, -0.2) is 27.4 Å². The molecule has 0 radical (unpaired) electrons. The number of hydrogen-bond donors (Lipinski definition) is 1. The van der Waals surface area contributed by atoms with Crippen LogP contribution in [0, 0.1) is 0 Å². The third-order valence-electron chi connectivity index (χ3n) is 5.23. The lowest BCUT2D eigenvalue weighted by Gasteiger charge is -2.22.